The molecule has 0 atom stereocenters. The highest BCUT2D eigenvalue weighted by Gasteiger charge is 2.25. The van der Waals surface area contributed by atoms with Crippen LogP contribution in [-0.2, 0) is 10.0 Å². The Balaban J connectivity index is 1.72. The predicted molar refractivity (Wildman–Crippen MR) is 92.2 cm³/mol. The van der Waals surface area contributed by atoms with E-state index in [2.05, 4.69) is 0 Å². The van der Waals surface area contributed by atoms with Gasteiger partial charge in [-0.15, -0.1) is 0 Å². The summed E-state index contributed by atoms with van der Waals surface area (Å²) in [6.45, 7) is 1.12. The van der Waals surface area contributed by atoms with Crippen LogP contribution in [0.3, 0.4) is 0 Å². The highest BCUT2D eigenvalue weighted by Crippen LogP contribution is 2.26. The molecule has 0 amide bonds. The average molecular weight is 362 g/mol. The summed E-state index contributed by atoms with van der Waals surface area (Å²) in [5.41, 5.74) is -0.0182. The van der Waals surface area contributed by atoms with Crippen LogP contribution >= 0.6 is 0 Å². The van der Waals surface area contributed by atoms with E-state index in [1.807, 2.05) is 0 Å². The first-order chi connectivity index (χ1) is 12.0. The fourth-order valence-electron chi connectivity index (χ4n) is 2.71. The van der Waals surface area contributed by atoms with Gasteiger partial charge in [0.05, 0.1) is 9.82 Å². The molecule has 25 heavy (non-hydrogen) atoms. The zero-order valence-electron chi connectivity index (χ0n) is 13.5. The van der Waals surface area contributed by atoms with Crippen LogP contribution in [0.15, 0.2) is 53.4 Å². The molecule has 0 N–H and O–H groups in total. The maximum Gasteiger partial charge on any atom is 0.269 e. The maximum atomic E-state index is 12.6. The Morgan fingerprint density at radius 3 is 1.92 bits per heavy atom. The summed E-state index contributed by atoms with van der Waals surface area (Å²) in [6, 6.07) is 11.9. The number of nitrogens with zero attached hydrogens (tertiary/aromatic N) is 2. The smallest absolute Gasteiger partial charge is 0.269 e. The Labute approximate surface area is 146 Å². The number of hydrogen-bond donors (Lipinski definition) is 0. The van der Waals surface area contributed by atoms with Gasteiger partial charge < -0.3 is 4.74 Å². The van der Waals surface area contributed by atoms with Crippen LogP contribution < -0.4 is 4.74 Å². The molecule has 1 fully saturated rings. The van der Waals surface area contributed by atoms with Crippen molar-refractivity contribution >= 4 is 15.7 Å². The van der Waals surface area contributed by atoms with Gasteiger partial charge in [-0.25, -0.2) is 8.42 Å². The third-order valence-corrected chi connectivity index (χ3v) is 5.97. The average Bonchev–Trinajstić information content (AvgIpc) is 2.63. The minimum atomic E-state index is -3.46. The van der Waals surface area contributed by atoms with Crippen molar-refractivity contribution in [2.75, 3.05) is 13.1 Å². The Kier molecular flexibility index (Phi) is 5.00. The van der Waals surface area contributed by atoms with E-state index in [1.54, 1.807) is 12.1 Å². The Morgan fingerprint density at radius 1 is 0.880 bits per heavy atom. The molecule has 1 heterocycles. The van der Waals surface area contributed by atoms with Crippen LogP contribution in [0.1, 0.15) is 19.3 Å². The van der Waals surface area contributed by atoms with Crippen LogP contribution in [0.4, 0.5) is 5.69 Å². The normalized spacial score (nSPS) is 15.7. The summed E-state index contributed by atoms with van der Waals surface area (Å²) in [7, 11) is -3.46. The number of non-ortho nitro benzene ring substituents is 1. The van der Waals surface area contributed by atoms with E-state index in [0.717, 1.165) is 19.3 Å². The molecule has 3 rings (SSSR count). The number of sulfonamides is 1. The van der Waals surface area contributed by atoms with Gasteiger partial charge >= 0.3 is 0 Å². The lowest BCUT2D eigenvalue weighted by molar-refractivity contribution is -0.384. The van der Waals surface area contributed by atoms with Gasteiger partial charge in [-0.1, -0.05) is 6.42 Å². The van der Waals surface area contributed by atoms with E-state index in [0.29, 0.717) is 24.6 Å². The highest BCUT2D eigenvalue weighted by atomic mass is 32.2. The number of piperidine rings is 1. The molecular formula is C17H18N2O5S. The summed E-state index contributed by atoms with van der Waals surface area (Å²) >= 11 is 0. The third-order valence-electron chi connectivity index (χ3n) is 4.06. The fourth-order valence-corrected chi connectivity index (χ4v) is 4.22. The number of benzene rings is 2. The molecule has 132 valence electrons. The Hall–Kier alpha value is -2.45. The molecule has 0 unspecified atom stereocenters. The van der Waals surface area contributed by atoms with E-state index >= 15 is 0 Å². The van der Waals surface area contributed by atoms with Crippen LogP contribution in [0, 0.1) is 10.1 Å². The van der Waals surface area contributed by atoms with Crippen molar-refractivity contribution in [3.8, 4) is 11.5 Å². The van der Waals surface area contributed by atoms with Gasteiger partial charge in [0.2, 0.25) is 10.0 Å². The van der Waals surface area contributed by atoms with Gasteiger partial charge in [-0.3, -0.25) is 10.1 Å². The van der Waals surface area contributed by atoms with Gasteiger partial charge in [-0.05, 0) is 49.2 Å². The van der Waals surface area contributed by atoms with Crippen molar-refractivity contribution in [2.24, 2.45) is 0 Å². The lowest BCUT2D eigenvalue weighted by Gasteiger charge is -2.25. The van der Waals surface area contributed by atoms with Gasteiger partial charge in [0.15, 0.2) is 0 Å². The standard InChI is InChI=1S/C17H18N2O5S/c20-19(21)14-4-6-15(7-5-14)24-16-8-10-17(11-9-16)25(22,23)18-12-2-1-3-13-18/h4-11H,1-3,12-13H2. The largest absolute Gasteiger partial charge is 0.457 e. The van der Waals surface area contributed by atoms with E-state index in [-0.39, 0.29) is 10.6 Å². The number of rotatable bonds is 5. The van der Waals surface area contributed by atoms with E-state index in [9.17, 15) is 18.5 Å². The highest BCUT2D eigenvalue weighted by molar-refractivity contribution is 7.89. The minimum absolute atomic E-state index is 0.0182. The third kappa shape index (κ3) is 3.97. The molecule has 0 bridgehead atoms. The molecule has 2 aromatic carbocycles. The summed E-state index contributed by atoms with van der Waals surface area (Å²) in [5, 5.41) is 10.6. The first kappa shape index (κ1) is 17.4. The minimum Gasteiger partial charge on any atom is -0.457 e. The molecule has 0 aliphatic carbocycles. The summed E-state index contributed by atoms with van der Waals surface area (Å²) in [6.07, 6.45) is 2.84. The second-order valence-corrected chi connectivity index (χ2v) is 7.73. The van der Waals surface area contributed by atoms with Crippen molar-refractivity contribution in [1.29, 1.82) is 0 Å². The molecule has 8 heteroatoms. The molecule has 0 saturated carbocycles. The van der Waals surface area contributed by atoms with Gasteiger partial charge in [0, 0.05) is 25.2 Å². The molecule has 1 aliphatic heterocycles. The fraction of sp³-hybridized carbons (Fsp3) is 0.294. The molecular weight excluding hydrogens is 344 g/mol. The Bertz CT molecular complexity index is 842. The maximum absolute atomic E-state index is 12.6. The molecule has 2 aromatic rings. The first-order valence-corrected chi connectivity index (χ1v) is 9.43. The number of ether oxygens (including phenoxy) is 1. The van der Waals surface area contributed by atoms with Gasteiger partial charge in [-0.2, -0.15) is 4.31 Å². The van der Waals surface area contributed by atoms with E-state index < -0.39 is 14.9 Å². The first-order valence-electron chi connectivity index (χ1n) is 7.99. The SMILES string of the molecule is O=[N+]([O-])c1ccc(Oc2ccc(S(=O)(=O)N3CCCCC3)cc2)cc1. The lowest BCUT2D eigenvalue weighted by atomic mass is 10.2. The van der Waals surface area contributed by atoms with Crippen LogP contribution in [0.2, 0.25) is 0 Å². The summed E-state index contributed by atoms with van der Waals surface area (Å²) < 4.78 is 32.3. The van der Waals surface area contributed by atoms with Crippen molar-refractivity contribution in [3.05, 3.63) is 58.6 Å². The van der Waals surface area contributed by atoms with Crippen molar-refractivity contribution in [1.82, 2.24) is 4.31 Å². The summed E-state index contributed by atoms with van der Waals surface area (Å²) in [4.78, 5) is 10.4. The van der Waals surface area contributed by atoms with E-state index in [4.69, 9.17) is 4.74 Å². The molecule has 7 nitrogen and oxygen atoms in total. The quantitative estimate of drug-likeness (QED) is 0.599. The van der Waals surface area contributed by atoms with Gasteiger partial charge in [0.1, 0.15) is 11.5 Å². The lowest BCUT2D eigenvalue weighted by Crippen LogP contribution is -2.35. The molecule has 0 radical (unpaired) electrons. The number of hydrogen-bond acceptors (Lipinski definition) is 5. The van der Waals surface area contributed by atoms with Crippen LogP contribution in [-0.4, -0.2) is 30.7 Å². The summed E-state index contributed by atoms with van der Waals surface area (Å²) in [5.74, 6) is 0.906. The molecule has 0 spiro atoms. The van der Waals surface area contributed by atoms with Crippen LogP contribution in [0.5, 0.6) is 11.5 Å². The second-order valence-electron chi connectivity index (χ2n) is 5.79. The monoisotopic (exact) mass is 362 g/mol. The van der Waals surface area contributed by atoms with E-state index in [1.165, 1.54) is 40.7 Å². The van der Waals surface area contributed by atoms with Crippen molar-refractivity contribution < 1.29 is 18.1 Å². The van der Waals surface area contributed by atoms with Crippen molar-refractivity contribution in [2.45, 2.75) is 24.2 Å². The topological polar surface area (TPSA) is 89.7 Å². The second kappa shape index (κ2) is 7.20. The molecule has 1 aliphatic rings. The molecule has 0 aromatic heterocycles. The van der Waals surface area contributed by atoms with Gasteiger partial charge in [0.25, 0.3) is 5.69 Å². The van der Waals surface area contributed by atoms with Crippen molar-refractivity contribution in [3.63, 3.8) is 0 Å². The number of nitro benzene ring substituents is 1. The zero-order chi connectivity index (χ0) is 17.9. The number of nitro groups is 1. The van der Waals surface area contributed by atoms with Crippen LogP contribution in [0.25, 0.3) is 0 Å². The molecule has 1 saturated heterocycles. The zero-order valence-corrected chi connectivity index (χ0v) is 14.3. The predicted octanol–water partition coefficient (Wildman–Crippen LogP) is 3.56. The Morgan fingerprint density at radius 2 is 1.40 bits per heavy atom.